The Kier molecular flexibility index (Phi) is 2.52. The van der Waals surface area contributed by atoms with Gasteiger partial charge in [0.2, 0.25) is 5.66 Å². The number of hydrogen-bond donors (Lipinski definition) is 2. The summed E-state index contributed by atoms with van der Waals surface area (Å²) in [4.78, 5) is 11.4. The number of dihydropyridines is 2. The van der Waals surface area contributed by atoms with Crippen LogP contribution in [-0.4, -0.2) is 29.2 Å². The fourth-order valence-corrected chi connectivity index (χ4v) is 2.83. The second kappa shape index (κ2) is 3.98. The van der Waals surface area contributed by atoms with Crippen LogP contribution in [0.5, 0.6) is 0 Å². The molecule has 0 saturated carbocycles. The molecule has 0 bridgehead atoms. The molecule has 0 aromatic heterocycles. The van der Waals surface area contributed by atoms with E-state index in [2.05, 4.69) is 34.0 Å². The van der Waals surface area contributed by atoms with E-state index in [-0.39, 0.29) is 0 Å². The van der Waals surface area contributed by atoms with Gasteiger partial charge in [0.05, 0.1) is 17.6 Å². The minimum absolute atomic E-state index is 0.512. The third kappa shape index (κ3) is 1.54. The van der Waals surface area contributed by atoms with Crippen molar-refractivity contribution in [3.8, 4) is 0 Å². The largest absolute Gasteiger partial charge is 0.396 e. The molecule has 0 aromatic carbocycles. The lowest BCUT2D eigenvalue weighted by Crippen LogP contribution is -2.60. The molecule has 3 N–H and O–H groups in total. The van der Waals surface area contributed by atoms with Crippen LogP contribution in [0.2, 0.25) is 0 Å². The fraction of sp³-hybridized carbons (Fsp3) is 0.429. The van der Waals surface area contributed by atoms with Crippen LogP contribution in [0, 0.1) is 5.92 Å². The minimum atomic E-state index is -0.512. The Hall–Kier alpha value is -2.04. The highest BCUT2D eigenvalue weighted by Crippen LogP contribution is 2.41. The molecule has 0 radical (unpaired) electrons. The highest BCUT2D eigenvalue weighted by atomic mass is 15.4. The lowest BCUT2D eigenvalue weighted by molar-refractivity contribution is 0.214. The molecule has 5 heteroatoms. The summed E-state index contributed by atoms with van der Waals surface area (Å²) in [7, 11) is 0. The van der Waals surface area contributed by atoms with Crippen molar-refractivity contribution in [2.75, 3.05) is 6.54 Å². The number of nitrogens with zero attached hydrogens (tertiary/aromatic N) is 3. The van der Waals surface area contributed by atoms with Crippen LogP contribution >= 0.6 is 0 Å². The summed E-state index contributed by atoms with van der Waals surface area (Å²) in [6, 6.07) is 0. The monoisotopic (exact) mass is 257 g/mol. The molecule has 0 fully saturated rings. The van der Waals surface area contributed by atoms with Crippen LogP contribution in [0.15, 0.2) is 45.4 Å². The predicted molar refractivity (Wildman–Crippen MR) is 77.4 cm³/mol. The highest BCUT2D eigenvalue weighted by molar-refractivity contribution is 5.92. The van der Waals surface area contributed by atoms with Gasteiger partial charge in [-0.1, -0.05) is 13.8 Å². The van der Waals surface area contributed by atoms with Gasteiger partial charge in [-0.3, -0.25) is 4.99 Å². The van der Waals surface area contributed by atoms with E-state index >= 15 is 0 Å². The maximum Gasteiger partial charge on any atom is 0.201 e. The van der Waals surface area contributed by atoms with Crippen LogP contribution in [0.25, 0.3) is 0 Å². The van der Waals surface area contributed by atoms with Crippen LogP contribution < -0.4 is 11.1 Å². The first-order valence-corrected chi connectivity index (χ1v) is 6.58. The Morgan fingerprint density at radius 2 is 2.26 bits per heavy atom. The Bertz CT molecular complexity index is 564. The second-order valence-corrected chi connectivity index (χ2v) is 5.49. The van der Waals surface area contributed by atoms with Gasteiger partial charge in [0.1, 0.15) is 11.5 Å². The van der Waals surface area contributed by atoms with Crippen molar-refractivity contribution in [1.82, 2.24) is 10.2 Å². The third-order valence-corrected chi connectivity index (χ3v) is 3.59. The molecule has 3 rings (SSSR count). The lowest BCUT2D eigenvalue weighted by atomic mass is 9.94. The summed E-state index contributed by atoms with van der Waals surface area (Å²) in [5, 5.41) is 3.42. The Labute approximate surface area is 113 Å². The standard InChI is InChI=1S/C14H19N5/c1-9(2)8-19-10(3)18-13-11(15)7-16-12-5-4-6-17-14(12,13)19/h4-7,9,17H,8,15H2,1-3H3. The molecular weight excluding hydrogens is 238 g/mol. The molecule has 3 aliphatic heterocycles. The Morgan fingerprint density at radius 3 is 3.00 bits per heavy atom. The van der Waals surface area contributed by atoms with E-state index in [9.17, 15) is 0 Å². The molecular formula is C14H19N5. The zero-order chi connectivity index (χ0) is 13.6. The summed E-state index contributed by atoms with van der Waals surface area (Å²) in [6.45, 7) is 7.32. The summed E-state index contributed by atoms with van der Waals surface area (Å²) in [5.41, 5.74) is 8.00. The zero-order valence-electron chi connectivity index (χ0n) is 11.5. The number of nitrogens with two attached hydrogens (primary N) is 1. The Morgan fingerprint density at radius 1 is 1.47 bits per heavy atom. The number of aliphatic imine (C=N–C) groups is 2. The third-order valence-electron chi connectivity index (χ3n) is 3.59. The van der Waals surface area contributed by atoms with Gasteiger partial charge in [0.25, 0.3) is 0 Å². The molecule has 19 heavy (non-hydrogen) atoms. The van der Waals surface area contributed by atoms with Gasteiger partial charge in [-0.15, -0.1) is 0 Å². The number of allylic oxidation sites excluding steroid dienone is 3. The molecule has 1 atom stereocenters. The van der Waals surface area contributed by atoms with Gasteiger partial charge in [-0.05, 0) is 31.2 Å². The van der Waals surface area contributed by atoms with Crippen molar-refractivity contribution in [3.05, 3.63) is 35.4 Å². The van der Waals surface area contributed by atoms with Crippen molar-refractivity contribution in [2.45, 2.75) is 26.4 Å². The first-order valence-electron chi connectivity index (χ1n) is 6.58. The molecule has 0 amide bonds. The number of rotatable bonds is 2. The quantitative estimate of drug-likeness (QED) is 0.784. The van der Waals surface area contributed by atoms with E-state index in [1.54, 1.807) is 6.21 Å². The van der Waals surface area contributed by atoms with Crippen LogP contribution in [-0.2, 0) is 0 Å². The van der Waals surface area contributed by atoms with E-state index in [0.29, 0.717) is 11.6 Å². The van der Waals surface area contributed by atoms with Crippen molar-refractivity contribution < 1.29 is 0 Å². The number of amidine groups is 1. The zero-order valence-corrected chi connectivity index (χ0v) is 11.5. The minimum Gasteiger partial charge on any atom is -0.396 e. The highest BCUT2D eigenvalue weighted by Gasteiger charge is 2.51. The van der Waals surface area contributed by atoms with E-state index in [0.717, 1.165) is 23.8 Å². The topological polar surface area (TPSA) is 66.0 Å². The van der Waals surface area contributed by atoms with Crippen molar-refractivity contribution >= 4 is 12.1 Å². The van der Waals surface area contributed by atoms with Gasteiger partial charge in [0.15, 0.2) is 0 Å². The first-order chi connectivity index (χ1) is 9.05. The number of hydrogen-bond acceptors (Lipinski definition) is 5. The molecule has 1 unspecified atom stereocenters. The van der Waals surface area contributed by atoms with Crippen molar-refractivity contribution in [3.63, 3.8) is 0 Å². The molecule has 0 saturated heterocycles. The first kappa shape index (κ1) is 12.0. The molecule has 3 aliphatic rings. The van der Waals surface area contributed by atoms with Crippen LogP contribution in [0.4, 0.5) is 0 Å². The van der Waals surface area contributed by atoms with Gasteiger partial charge in [0, 0.05) is 6.54 Å². The van der Waals surface area contributed by atoms with Gasteiger partial charge in [-0.2, -0.15) is 0 Å². The van der Waals surface area contributed by atoms with E-state index in [1.165, 1.54) is 0 Å². The van der Waals surface area contributed by atoms with Crippen LogP contribution in [0.3, 0.4) is 0 Å². The van der Waals surface area contributed by atoms with Crippen molar-refractivity contribution in [1.29, 1.82) is 0 Å². The van der Waals surface area contributed by atoms with E-state index < -0.39 is 5.66 Å². The molecule has 0 aromatic rings. The van der Waals surface area contributed by atoms with Gasteiger partial charge < -0.3 is 16.0 Å². The van der Waals surface area contributed by atoms with Gasteiger partial charge >= 0.3 is 0 Å². The SMILES string of the molecule is CC1=NC2=C(N)C=NC3=CC=CNC32N1CC(C)C. The second-order valence-electron chi connectivity index (χ2n) is 5.49. The predicted octanol–water partition coefficient (Wildman–Crippen LogP) is 1.33. The van der Waals surface area contributed by atoms with E-state index in [1.807, 2.05) is 25.3 Å². The van der Waals surface area contributed by atoms with Crippen molar-refractivity contribution in [2.24, 2.45) is 21.6 Å². The Balaban J connectivity index is 2.15. The average Bonchev–Trinajstić information content (AvgIpc) is 2.64. The molecule has 3 heterocycles. The molecule has 100 valence electrons. The summed E-state index contributed by atoms with van der Waals surface area (Å²) >= 11 is 0. The summed E-state index contributed by atoms with van der Waals surface area (Å²) in [6.07, 6.45) is 7.59. The maximum atomic E-state index is 6.08. The van der Waals surface area contributed by atoms with E-state index in [4.69, 9.17) is 5.73 Å². The number of nitrogens with one attached hydrogen (secondary N) is 1. The average molecular weight is 257 g/mol. The fourth-order valence-electron chi connectivity index (χ4n) is 2.83. The summed E-state index contributed by atoms with van der Waals surface area (Å²) < 4.78 is 0. The van der Waals surface area contributed by atoms with Gasteiger partial charge in [-0.25, -0.2) is 4.99 Å². The molecule has 5 nitrogen and oxygen atoms in total. The van der Waals surface area contributed by atoms with Crippen LogP contribution in [0.1, 0.15) is 20.8 Å². The normalized spacial score (nSPS) is 28.1. The summed E-state index contributed by atoms with van der Waals surface area (Å²) in [5.74, 6) is 1.51. The molecule has 1 spiro atoms. The molecule has 0 aliphatic carbocycles. The lowest BCUT2D eigenvalue weighted by Gasteiger charge is -2.44. The smallest absolute Gasteiger partial charge is 0.201 e. The maximum absolute atomic E-state index is 6.08.